The van der Waals surface area contributed by atoms with Crippen LogP contribution < -0.4 is 11.1 Å². The normalized spacial score (nSPS) is 24.8. The maximum absolute atomic E-state index is 5.82. The molecule has 1 atom stereocenters. The van der Waals surface area contributed by atoms with Crippen molar-refractivity contribution in [1.29, 1.82) is 0 Å². The van der Waals surface area contributed by atoms with Gasteiger partial charge in [-0.25, -0.2) is 0 Å². The number of nitrogens with two attached hydrogens (primary N) is 1. The molecule has 0 bridgehead atoms. The van der Waals surface area contributed by atoms with Crippen LogP contribution in [-0.4, -0.2) is 19.3 Å². The SMILES string of the molecule is Nc1ccc2c(c1)CCC2NC1CCOCC1. The molecule has 3 heteroatoms. The molecule has 1 saturated heterocycles. The first-order chi connectivity index (χ1) is 8.33. The highest BCUT2D eigenvalue weighted by molar-refractivity contribution is 5.47. The summed E-state index contributed by atoms with van der Waals surface area (Å²) in [6, 6.07) is 7.48. The van der Waals surface area contributed by atoms with Crippen molar-refractivity contribution in [1.82, 2.24) is 5.32 Å². The van der Waals surface area contributed by atoms with Gasteiger partial charge >= 0.3 is 0 Å². The topological polar surface area (TPSA) is 47.3 Å². The lowest BCUT2D eigenvalue weighted by Crippen LogP contribution is -2.36. The summed E-state index contributed by atoms with van der Waals surface area (Å²) in [6.45, 7) is 1.80. The van der Waals surface area contributed by atoms with Crippen LogP contribution >= 0.6 is 0 Å². The molecule has 1 aromatic rings. The van der Waals surface area contributed by atoms with Crippen LogP contribution in [0.25, 0.3) is 0 Å². The van der Waals surface area contributed by atoms with Crippen molar-refractivity contribution in [3.8, 4) is 0 Å². The van der Waals surface area contributed by atoms with E-state index in [1.165, 1.54) is 17.5 Å². The van der Waals surface area contributed by atoms with Crippen LogP contribution in [0.15, 0.2) is 18.2 Å². The lowest BCUT2D eigenvalue weighted by Gasteiger charge is -2.27. The first-order valence-electron chi connectivity index (χ1n) is 6.55. The minimum atomic E-state index is 0.522. The third kappa shape index (κ3) is 2.31. The Kier molecular flexibility index (Phi) is 3.04. The fourth-order valence-electron chi connectivity index (χ4n) is 2.96. The summed E-state index contributed by atoms with van der Waals surface area (Å²) >= 11 is 0. The summed E-state index contributed by atoms with van der Waals surface area (Å²) in [5.41, 5.74) is 9.58. The van der Waals surface area contributed by atoms with E-state index in [0.29, 0.717) is 12.1 Å². The molecule has 3 rings (SSSR count). The van der Waals surface area contributed by atoms with Crippen molar-refractivity contribution in [3.63, 3.8) is 0 Å². The molecule has 92 valence electrons. The smallest absolute Gasteiger partial charge is 0.0480 e. The molecule has 1 unspecified atom stereocenters. The highest BCUT2D eigenvalue weighted by Gasteiger charge is 2.25. The van der Waals surface area contributed by atoms with Crippen molar-refractivity contribution >= 4 is 5.69 Å². The Labute approximate surface area is 102 Å². The molecule has 1 aliphatic heterocycles. The van der Waals surface area contributed by atoms with Crippen LogP contribution in [0.4, 0.5) is 5.69 Å². The summed E-state index contributed by atoms with van der Waals surface area (Å²) < 4.78 is 5.39. The Balaban J connectivity index is 1.70. The lowest BCUT2D eigenvalue weighted by atomic mass is 10.0. The maximum Gasteiger partial charge on any atom is 0.0480 e. The van der Waals surface area contributed by atoms with Gasteiger partial charge in [0, 0.05) is 31.0 Å². The number of ether oxygens (including phenoxy) is 1. The second kappa shape index (κ2) is 4.67. The van der Waals surface area contributed by atoms with E-state index < -0.39 is 0 Å². The summed E-state index contributed by atoms with van der Waals surface area (Å²) in [5.74, 6) is 0. The van der Waals surface area contributed by atoms with Gasteiger partial charge in [0.25, 0.3) is 0 Å². The molecule has 1 aliphatic carbocycles. The molecule has 0 saturated carbocycles. The van der Waals surface area contributed by atoms with E-state index in [4.69, 9.17) is 10.5 Å². The molecular weight excluding hydrogens is 212 g/mol. The fourth-order valence-corrected chi connectivity index (χ4v) is 2.96. The predicted octanol–water partition coefficient (Wildman–Crippen LogP) is 2.02. The van der Waals surface area contributed by atoms with E-state index in [0.717, 1.165) is 38.2 Å². The van der Waals surface area contributed by atoms with Crippen LogP contribution in [0.1, 0.15) is 36.4 Å². The molecule has 1 heterocycles. The minimum absolute atomic E-state index is 0.522. The largest absolute Gasteiger partial charge is 0.399 e. The maximum atomic E-state index is 5.82. The molecule has 1 aromatic carbocycles. The van der Waals surface area contributed by atoms with Gasteiger partial charge in [-0.3, -0.25) is 0 Å². The van der Waals surface area contributed by atoms with Crippen LogP contribution in [0, 0.1) is 0 Å². The van der Waals surface area contributed by atoms with Crippen molar-refractivity contribution < 1.29 is 4.74 Å². The Hall–Kier alpha value is -1.06. The number of hydrogen-bond acceptors (Lipinski definition) is 3. The fraction of sp³-hybridized carbons (Fsp3) is 0.571. The van der Waals surface area contributed by atoms with E-state index in [1.807, 2.05) is 6.07 Å². The number of benzene rings is 1. The van der Waals surface area contributed by atoms with Crippen LogP contribution in [0.5, 0.6) is 0 Å². The third-order valence-electron chi connectivity index (χ3n) is 3.90. The molecule has 3 nitrogen and oxygen atoms in total. The molecule has 0 aromatic heterocycles. The Bertz CT molecular complexity index is 399. The van der Waals surface area contributed by atoms with Gasteiger partial charge in [0.1, 0.15) is 0 Å². The molecule has 0 amide bonds. The standard InChI is InChI=1S/C14H20N2O/c15-11-2-3-13-10(9-11)1-4-14(13)16-12-5-7-17-8-6-12/h2-3,9,12,14,16H,1,4-8,15H2. The van der Waals surface area contributed by atoms with Gasteiger partial charge in [0.05, 0.1) is 0 Å². The predicted molar refractivity (Wildman–Crippen MR) is 68.9 cm³/mol. The molecule has 0 radical (unpaired) electrons. The number of anilines is 1. The molecule has 2 aliphatic rings. The molecule has 17 heavy (non-hydrogen) atoms. The van der Waals surface area contributed by atoms with Gasteiger partial charge in [-0.05, 0) is 48.9 Å². The number of aryl methyl sites for hydroxylation is 1. The van der Waals surface area contributed by atoms with Gasteiger partial charge in [0.2, 0.25) is 0 Å². The van der Waals surface area contributed by atoms with Gasteiger partial charge in [0.15, 0.2) is 0 Å². The summed E-state index contributed by atoms with van der Waals surface area (Å²) in [4.78, 5) is 0. The summed E-state index contributed by atoms with van der Waals surface area (Å²) in [7, 11) is 0. The number of fused-ring (bicyclic) bond motifs is 1. The summed E-state index contributed by atoms with van der Waals surface area (Å²) in [6.07, 6.45) is 4.64. The monoisotopic (exact) mass is 232 g/mol. The van der Waals surface area contributed by atoms with Crippen LogP contribution in [-0.2, 0) is 11.2 Å². The number of nitrogen functional groups attached to an aromatic ring is 1. The first-order valence-corrected chi connectivity index (χ1v) is 6.55. The van der Waals surface area contributed by atoms with Gasteiger partial charge < -0.3 is 15.8 Å². The Morgan fingerprint density at radius 3 is 2.82 bits per heavy atom. The van der Waals surface area contributed by atoms with Gasteiger partial charge in [-0.2, -0.15) is 0 Å². The van der Waals surface area contributed by atoms with E-state index in [1.54, 1.807) is 0 Å². The average Bonchev–Trinajstić information content (AvgIpc) is 2.73. The van der Waals surface area contributed by atoms with Gasteiger partial charge in [-0.1, -0.05) is 6.07 Å². The van der Waals surface area contributed by atoms with Crippen molar-refractivity contribution in [3.05, 3.63) is 29.3 Å². The highest BCUT2D eigenvalue weighted by atomic mass is 16.5. The van der Waals surface area contributed by atoms with Crippen molar-refractivity contribution in [2.24, 2.45) is 0 Å². The van der Waals surface area contributed by atoms with Crippen molar-refractivity contribution in [2.75, 3.05) is 18.9 Å². The highest BCUT2D eigenvalue weighted by Crippen LogP contribution is 2.33. The zero-order chi connectivity index (χ0) is 11.7. The van der Waals surface area contributed by atoms with Crippen molar-refractivity contribution in [2.45, 2.75) is 37.8 Å². The summed E-state index contributed by atoms with van der Waals surface area (Å²) in [5, 5.41) is 3.77. The zero-order valence-electron chi connectivity index (χ0n) is 10.1. The number of nitrogens with one attached hydrogen (secondary N) is 1. The quantitative estimate of drug-likeness (QED) is 0.767. The second-order valence-corrected chi connectivity index (χ2v) is 5.10. The van der Waals surface area contributed by atoms with E-state index in [2.05, 4.69) is 17.4 Å². The van der Waals surface area contributed by atoms with Crippen LogP contribution in [0.2, 0.25) is 0 Å². The number of hydrogen-bond donors (Lipinski definition) is 2. The lowest BCUT2D eigenvalue weighted by molar-refractivity contribution is 0.0749. The zero-order valence-corrected chi connectivity index (χ0v) is 10.1. The van der Waals surface area contributed by atoms with Crippen LogP contribution in [0.3, 0.4) is 0 Å². The third-order valence-corrected chi connectivity index (χ3v) is 3.90. The number of rotatable bonds is 2. The molecule has 3 N–H and O–H groups in total. The van der Waals surface area contributed by atoms with E-state index >= 15 is 0 Å². The average molecular weight is 232 g/mol. The minimum Gasteiger partial charge on any atom is -0.399 e. The van der Waals surface area contributed by atoms with E-state index in [-0.39, 0.29) is 0 Å². The molecular formula is C14H20N2O. The Morgan fingerprint density at radius 1 is 1.18 bits per heavy atom. The molecule has 0 spiro atoms. The Morgan fingerprint density at radius 2 is 2.00 bits per heavy atom. The second-order valence-electron chi connectivity index (χ2n) is 5.10. The first kappa shape index (κ1) is 11.1. The molecule has 1 fully saturated rings. The van der Waals surface area contributed by atoms with Gasteiger partial charge in [-0.15, -0.1) is 0 Å². The van der Waals surface area contributed by atoms with E-state index in [9.17, 15) is 0 Å².